The molecule has 0 aliphatic carbocycles. The van der Waals surface area contributed by atoms with Gasteiger partial charge in [0.05, 0.1) is 23.9 Å². The first-order valence-electron chi connectivity index (χ1n) is 7.51. The molecule has 0 spiro atoms. The lowest BCUT2D eigenvalue weighted by Crippen LogP contribution is -2.36. The molecule has 1 saturated heterocycles. The lowest BCUT2D eigenvalue weighted by molar-refractivity contribution is 0.122. The molecule has 0 amide bonds. The van der Waals surface area contributed by atoms with Crippen LogP contribution in [0.1, 0.15) is 26.0 Å². The van der Waals surface area contributed by atoms with Crippen LogP contribution in [0.15, 0.2) is 22.1 Å². The van der Waals surface area contributed by atoms with E-state index in [1.165, 1.54) is 5.57 Å². The molecule has 1 aliphatic rings. The first-order valence-corrected chi connectivity index (χ1v) is 8.27. The normalized spacial score (nSPS) is 16.5. The molecule has 1 fully saturated rings. The summed E-state index contributed by atoms with van der Waals surface area (Å²) < 4.78 is 11.5. The van der Waals surface area contributed by atoms with Crippen molar-refractivity contribution < 1.29 is 9.15 Å². The standard InChI is InChI=1S/C17H19Cl2NO2/c1-3-11(2)8-15-16(20-4-6-21-7-5-20)13-9-12(18)10-14(19)17(13)22-15/h8-10H,3-7H2,1-2H3/b11-8+. The average molecular weight is 340 g/mol. The highest BCUT2D eigenvalue weighted by Crippen LogP contribution is 2.40. The summed E-state index contributed by atoms with van der Waals surface area (Å²) in [6.07, 6.45) is 3.07. The van der Waals surface area contributed by atoms with Crippen LogP contribution >= 0.6 is 23.2 Å². The van der Waals surface area contributed by atoms with Crippen LogP contribution in [0.2, 0.25) is 10.0 Å². The SMILES string of the molecule is CC/C(C)=C/c1oc2c(Cl)cc(Cl)cc2c1N1CCOCC1. The fraction of sp³-hybridized carbons (Fsp3) is 0.412. The summed E-state index contributed by atoms with van der Waals surface area (Å²) in [5.74, 6) is 0.848. The lowest BCUT2D eigenvalue weighted by Gasteiger charge is -2.28. The molecule has 0 atom stereocenters. The summed E-state index contributed by atoms with van der Waals surface area (Å²) in [7, 11) is 0. The number of benzene rings is 1. The minimum Gasteiger partial charge on any atom is -0.453 e. The third-order valence-electron chi connectivity index (χ3n) is 3.97. The number of halogens is 2. The predicted molar refractivity (Wildman–Crippen MR) is 93.2 cm³/mol. The van der Waals surface area contributed by atoms with Crippen LogP contribution in [0.4, 0.5) is 5.69 Å². The molecule has 118 valence electrons. The van der Waals surface area contributed by atoms with E-state index in [9.17, 15) is 0 Å². The van der Waals surface area contributed by atoms with Gasteiger partial charge in [0, 0.05) is 23.5 Å². The Hall–Kier alpha value is -1.16. The van der Waals surface area contributed by atoms with Gasteiger partial charge in [-0.1, -0.05) is 35.7 Å². The molecule has 0 N–H and O–H groups in total. The number of ether oxygens (including phenoxy) is 1. The highest BCUT2D eigenvalue weighted by molar-refractivity contribution is 6.38. The molecule has 0 unspecified atom stereocenters. The summed E-state index contributed by atoms with van der Waals surface area (Å²) in [4.78, 5) is 2.29. The molecule has 0 radical (unpaired) electrons. The molecule has 1 aromatic heterocycles. The van der Waals surface area contributed by atoms with Crippen molar-refractivity contribution in [2.24, 2.45) is 0 Å². The van der Waals surface area contributed by atoms with E-state index in [0.29, 0.717) is 15.6 Å². The van der Waals surface area contributed by atoms with Gasteiger partial charge in [-0.15, -0.1) is 0 Å². The molecule has 3 rings (SSSR count). The Morgan fingerprint density at radius 2 is 2.00 bits per heavy atom. The summed E-state index contributed by atoms with van der Waals surface area (Å²) in [5.41, 5.74) is 3.02. The highest BCUT2D eigenvalue weighted by Gasteiger charge is 2.22. The van der Waals surface area contributed by atoms with Crippen molar-refractivity contribution >= 4 is 45.9 Å². The molecule has 0 bridgehead atoms. The molecule has 22 heavy (non-hydrogen) atoms. The van der Waals surface area contributed by atoms with Crippen molar-refractivity contribution in [2.75, 3.05) is 31.2 Å². The van der Waals surface area contributed by atoms with Crippen molar-refractivity contribution in [2.45, 2.75) is 20.3 Å². The van der Waals surface area contributed by atoms with E-state index in [0.717, 1.165) is 49.6 Å². The number of rotatable bonds is 3. The van der Waals surface area contributed by atoms with Gasteiger partial charge in [0.15, 0.2) is 11.3 Å². The van der Waals surface area contributed by atoms with Gasteiger partial charge in [-0.05, 0) is 31.6 Å². The number of fused-ring (bicyclic) bond motifs is 1. The number of nitrogens with zero attached hydrogens (tertiary/aromatic N) is 1. The van der Waals surface area contributed by atoms with Gasteiger partial charge in [0.1, 0.15) is 0 Å². The van der Waals surface area contributed by atoms with Gasteiger partial charge < -0.3 is 14.1 Å². The largest absolute Gasteiger partial charge is 0.453 e. The van der Waals surface area contributed by atoms with Crippen LogP contribution in [0, 0.1) is 0 Å². The van der Waals surface area contributed by atoms with Gasteiger partial charge in [-0.3, -0.25) is 0 Å². The van der Waals surface area contributed by atoms with Crippen molar-refractivity contribution in [3.63, 3.8) is 0 Å². The fourth-order valence-electron chi connectivity index (χ4n) is 2.67. The first-order chi connectivity index (χ1) is 10.6. The maximum Gasteiger partial charge on any atom is 0.155 e. The van der Waals surface area contributed by atoms with E-state index in [1.54, 1.807) is 6.07 Å². The summed E-state index contributed by atoms with van der Waals surface area (Å²) in [6, 6.07) is 3.65. The van der Waals surface area contributed by atoms with Crippen LogP contribution in [0.25, 0.3) is 17.0 Å². The van der Waals surface area contributed by atoms with Crippen molar-refractivity contribution in [1.29, 1.82) is 0 Å². The third-order valence-corrected chi connectivity index (χ3v) is 4.47. The molecule has 1 aliphatic heterocycles. The Balaban J connectivity index is 2.21. The first kappa shape index (κ1) is 15.7. The van der Waals surface area contributed by atoms with Crippen LogP contribution in [-0.2, 0) is 4.74 Å². The molecule has 0 saturated carbocycles. The van der Waals surface area contributed by atoms with E-state index in [4.69, 9.17) is 32.4 Å². The monoisotopic (exact) mass is 339 g/mol. The summed E-state index contributed by atoms with van der Waals surface area (Å²) >= 11 is 12.5. The lowest BCUT2D eigenvalue weighted by atomic mass is 10.1. The molecular weight excluding hydrogens is 321 g/mol. The predicted octanol–water partition coefficient (Wildman–Crippen LogP) is 5.39. The minimum atomic E-state index is 0.547. The van der Waals surface area contributed by atoms with Crippen molar-refractivity contribution in [3.8, 4) is 0 Å². The van der Waals surface area contributed by atoms with E-state index >= 15 is 0 Å². The second-order valence-corrected chi connectivity index (χ2v) is 6.37. The number of morpholine rings is 1. The second kappa shape index (κ2) is 6.53. The van der Waals surface area contributed by atoms with E-state index in [-0.39, 0.29) is 0 Å². The van der Waals surface area contributed by atoms with Crippen LogP contribution < -0.4 is 4.90 Å². The summed E-state index contributed by atoms with van der Waals surface area (Å²) in [6.45, 7) is 7.35. The number of hydrogen-bond donors (Lipinski definition) is 0. The van der Waals surface area contributed by atoms with Gasteiger partial charge in [-0.25, -0.2) is 0 Å². The number of anilines is 1. The van der Waals surface area contributed by atoms with Crippen molar-refractivity contribution in [1.82, 2.24) is 0 Å². The Morgan fingerprint density at radius 3 is 2.68 bits per heavy atom. The van der Waals surface area contributed by atoms with Gasteiger partial charge in [0.2, 0.25) is 0 Å². The van der Waals surface area contributed by atoms with Gasteiger partial charge in [-0.2, -0.15) is 0 Å². The average Bonchev–Trinajstić information content (AvgIpc) is 2.86. The highest BCUT2D eigenvalue weighted by atomic mass is 35.5. The second-order valence-electron chi connectivity index (χ2n) is 5.52. The smallest absolute Gasteiger partial charge is 0.155 e. The Morgan fingerprint density at radius 1 is 1.27 bits per heavy atom. The zero-order valence-corrected chi connectivity index (χ0v) is 14.3. The molecule has 3 nitrogen and oxygen atoms in total. The van der Waals surface area contributed by atoms with Gasteiger partial charge in [0.25, 0.3) is 0 Å². The maximum absolute atomic E-state index is 6.31. The molecule has 2 heterocycles. The third kappa shape index (κ3) is 2.98. The molecule has 2 aromatic rings. The van der Waals surface area contributed by atoms with Crippen LogP contribution in [0.5, 0.6) is 0 Å². The minimum absolute atomic E-state index is 0.547. The number of allylic oxidation sites excluding steroid dienone is 1. The quantitative estimate of drug-likeness (QED) is 0.749. The van der Waals surface area contributed by atoms with E-state index in [1.807, 2.05) is 6.07 Å². The van der Waals surface area contributed by atoms with E-state index in [2.05, 4.69) is 24.8 Å². The zero-order chi connectivity index (χ0) is 15.7. The number of furan rings is 1. The Bertz CT molecular complexity index is 715. The number of hydrogen-bond acceptors (Lipinski definition) is 3. The zero-order valence-electron chi connectivity index (χ0n) is 12.8. The Labute approximate surface area is 140 Å². The van der Waals surface area contributed by atoms with Crippen molar-refractivity contribution in [3.05, 3.63) is 33.5 Å². The fourth-order valence-corrected chi connectivity index (χ4v) is 3.20. The maximum atomic E-state index is 6.31. The van der Waals surface area contributed by atoms with Crippen LogP contribution in [0.3, 0.4) is 0 Å². The van der Waals surface area contributed by atoms with Gasteiger partial charge >= 0.3 is 0 Å². The van der Waals surface area contributed by atoms with E-state index < -0.39 is 0 Å². The molecule has 1 aromatic carbocycles. The Kier molecular flexibility index (Phi) is 4.67. The summed E-state index contributed by atoms with van der Waals surface area (Å²) in [5, 5.41) is 2.14. The van der Waals surface area contributed by atoms with Crippen LogP contribution in [-0.4, -0.2) is 26.3 Å². The topological polar surface area (TPSA) is 25.6 Å². The molecule has 5 heteroatoms. The molecular formula is C17H19Cl2NO2.